The van der Waals surface area contributed by atoms with Gasteiger partial charge in [-0.3, -0.25) is 9.59 Å². The standard InChI is InChI=1S/C25H16Cl2N2O4S/c1-32-21-10-15(9-20(27)23(21)33-14-17-6-3-2-5-16(17)13-28)11-22-24(30)29(25(31)34-22)19-8-4-7-18(26)12-19/h2-12H,14H2,1H3/b22-11+. The van der Waals surface area contributed by atoms with Crippen molar-refractivity contribution in [3.63, 3.8) is 0 Å². The molecule has 0 radical (unpaired) electrons. The minimum absolute atomic E-state index is 0.123. The first-order valence-electron chi connectivity index (χ1n) is 9.93. The number of nitriles is 1. The number of imide groups is 1. The van der Waals surface area contributed by atoms with Crippen LogP contribution in [-0.2, 0) is 11.4 Å². The molecule has 6 nitrogen and oxygen atoms in total. The molecule has 34 heavy (non-hydrogen) atoms. The summed E-state index contributed by atoms with van der Waals surface area (Å²) in [4.78, 5) is 26.7. The number of methoxy groups -OCH3 is 1. The van der Waals surface area contributed by atoms with Crippen LogP contribution < -0.4 is 14.4 Å². The van der Waals surface area contributed by atoms with Gasteiger partial charge in [0.15, 0.2) is 11.5 Å². The monoisotopic (exact) mass is 510 g/mol. The van der Waals surface area contributed by atoms with Gasteiger partial charge in [0.25, 0.3) is 11.1 Å². The molecule has 3 aromatic carbocycles. The number of nitrogens with zero attached hydrogens (tertiary/aromatic N) is 2. The quantitative estimate of drug-likeness (QED) is 0.343. The van der Waals surface area contributed by atoms with Crippen LogP contribution in [0.25, 0.3) is 6.08 Å². The molecule has 1 aliphatic heterocycles. The van der Waals surface area contributed by atoms with Crippen molar-refractivity contribution in [2.75, 3.05) is 12.0 Å². The molecule has 0 aliphatic carbocycles. The molecule has 0 aromatic heterocycles. The highest BCUT2D eigenvalue weighted by Crippen LogP contribution is 2.40. The summed E-state index contributed by atoms with van der Waals surface area (Å²) in [5.41, 5.74) is 2.17. The van der Waals surface area contributed by atoms with Crippen LogP contribution in [0.1, 0.15) is 16.7 Å². The minimum Gasteiger partial charge on any atom is -0.493 e. The van der Waals surface area contributed by atoms with Gasteiger partial charge < -0.3 is 9.47 Å². The number of rotatable bonds is 6. The lowest BCUT2D eigenvalue weighted by Gasteiger charge is -2.14. The zero-order valence-corrected chi connectivity index (χ0v) is 20.1. The van der Waals surface area contributed by atoms with E-state index in [9.17, 15) is 14.9 Å². The molecule has 1 saturated heterocycles. The number of carbonyl (C=O) groups is 2. The summed E-state index contributed by atoms with van der Waals surface area (Å²) in [6.45, 7) is 0.123. The third-order valence-electron chi connectivity index (χ3n) is 4.92. The van der Waals surface area contributed by atoms with Crippen LogP contribution in [0.15, 0.2) is 65.6 Å². The van der Waals surface area contributed by atoms with E-state index in [4.69, 9.17) is 32.7 Å². The Hall–Kier alpha value is -3.44. The fraction of sp³-hybridized carbons (Fsp3) is 0.0800. The second-order valence-corrected chi connectivity index (χ2v) is 8.93. The number of carbonyl (C=O) groups excluding carboxylic acids is 2. The van der Waals surface area contributed by atoms with Gasteiger partial charge in [0.2, 0.25) is 0 Å². The highest BCUT2D eigenvalue weighted by molar-refractivity contribution is 8.19. The fourth-order valence-corrected chi connectivity index (χ4v) is 4.62. The lowest BCUT2D eigenvalue weighted by atomic mass is 10.1. The summed E-state index contributed by atoms with van der Waals surface area (Å²) >= 11 is 13.3. The van der Waals surface area contributed by atoms with Crippen molar-refractivity contribution in [1.29, 1.82) is 5.26 Å². The van der Waals surface area contributed by atoms with E-state index in [0.29, 0.717) is 38.9 Å². The van der Waals surface area contributed by atoms with Crippen molar-refractivity contribution < 1.29 is 19.1 Å². The van der Waals surface area contributed by atoms with Gasteiger partial charge in [-0.1, -0.05) is 47.5 Å². The first kappa shape index (κ1) is 23.7. The van der Waals surface area contributed by atoms with Gasteiger partial charge in [-0.15, -0.1) is 0 Å². The highest BCUT2D eigenvalue weighted by atomic mass is 35.5. The summed E-state index contributed by atoms with van der Waals surface area (Å²) in [7, 11) is 1.47. The van der Waals surface area contributed by atoms with Crippen LogP contribution >= 0.6 is 35.0 Å². The summed E-state index contributed by atoms with van der Waals surface area (Å²) in [6, 6.07) is 19.0. The Bertz CT molecular complexity index is 1370. The van der Waals surface area contributed by atoms with Crippen LogP contribution in [-0.4, -0.2) is 18.3 Å². The predicted molar refractivity (Wildman–Crippen MR) is 133 cm³/mol. The summed E-state index contributed by atoms with van der Waals surface area (Å²) in [5.74, 6) is 0.198. The third kappa shape index (κ3) is 4.90. The van der Waals surface area contributed by atoms with Crippen LogP contribution in [0.4, 0.5) is 10.5 Å². The maximum absolute atomic E-state index is 12.9. The Kier molecular flexibility index (Phi) is 7.13. The molecule has 0 unspecified atom stereocenters. The Labute approximate surface area is 210 Å². The predicted octanol–water partition coefficient (Wildman–Crippen LogP) is 6.69. The summed E-state index contributed by atoms with van der Waals surface area (Å²) in [5, 5.41) is 9.52. The number of thioether (sulfide) groups is 1. The largest absolute Gasteiger partial charge is 0.493 e. The van der Waals surface area contributed by atoms with Crippen molar-refractivity contribution in [3.8, 4) is 17.6 Å². The van der Waals surface area contributed by atoms with E-state index in [0.717, 1.165) is 16.7 Å². The summed E-state index contributed by atoms with van der Waals surface area (Å²) < 4.78 is 11.3. The van der Waals surface area contributed by atoms with E-state index in [1.807, 2.05) is 6.07 Å². The molecular weight excluding hydrogens is 495 g/mol. The number of hydrogen-bond acceptors (Lipinski definition) is 6. The lowest BCUT2D eigenvalue weighted by Crippen LogP contribution is -2.27. The van der Waals surface area contributed by atoms with Gasteiger partial charge >= 0.3 is 0 Å². The number of halogens is 2. The van der Waals surface area contributed by atoms with E-state index in [1.54, 1.807) is 60.7 Å². The number of benzene rings is 3. The van der Waals surface area contributed by atoms with Crippen molar-refractivity contribution >= 4 is 57.9 Å². The Morgan fingerprint density at radius 3 is 2.62 bits per heavy atom. The van der Waals surface area contributed by atoms with Crippen molar-refractivity contribution in [2.45, 2.75) is 6.61 Å². The van der Waals surface area contributed by atoms with Gasteiger partial charge in [0.05, 0.1) is 34.4 Å². The lowest BCUT2D eigenvalue weighted by molar-refractivity contribution is -0.113. The molecule has 1 fully saturated rings. The van der Waals surface area contributed by atoms with Gasteiger partial charge in [-0.25, -0.2) is 4.90 Å². The molecule has 2 amide bonds. The van der Waals surface area contributed by atoms with Gasteiger partial charge in [0.1, 0.15) is 6.61 Å². The van der Waals surface area contributed by atoms with Crippen molar-refractivity contribution in [1.82, 2.24) is 0 Å². The number of amides is 2. The fourth-order valence-electron chi connectivity index (χ4n) is 3.33. The van der Waals surface area contributed by atoms with E-state index in [-0.39, 0.29) is 16.5 Å². The Morgan fingerprint density at radius 2 is 1.88 bits per heavy atom. The van der Waals surface area contributed by atoms with Crippen LogP contribution in [0.3, 0.4) is 0 Å². The molecule has 4 rings (SSSR count). The van der Waals surface area contributed by atoms with E-state index < -0.39 is 11.1 Å². The summed E-state index contributed by atoms with van der Waals surface area (Å²) in [6.07, 6.45) is 1.57. The molecule has 0 atom stereocenters. The van der Waals surface area contributed by atoms with E-state index in [1.165, 1.54) is 7.11 Å². The molecule has 9 heteroatoms. The maximum Gasteiger partial charge on any atom is 0.298 e. The van der Waals surface area contributed by atoms with Gasteiger partial charge in [-0.2, -0.15) is 5.26 Å². The highest BCUT2D eigenvalue weighted by Gasteiger charge is 2.36. The second kappa shape index (κ2) is 10.2. The Morgan fingerprint density at radius 1 is 1.09 bits per heavy atom. The average molecular weight is 511 g/mol. The van der Waals surface area contributed by atoms with Gasteiger partial charge in [0, 0.05) is 10.6 Å². The average Bonchev–Trinajstić information content (AvgIpc) is 3.10. The SMILES string of the molecule is COc1cc(/C=C2/SC(=O)N(c3cccc(Cl)c3)C2=O)cc(Cl)c1OCc1ccccc1C#N. The first-order valence-corrected chi connectivity index (χ1v) is 11.5. The van der Waals surface area contributed by atoms with E-state index in [2.05, 4.69) is 6.07 Å². The zero-order valence-electron chi connectivity index (χ0n) is 17.7. The molecule has 0 spiro atoms. The molecular formula is C25H16Cl2N2O4S. The van der Waals surface area contributed by atoms with Crippen LogP contribution in [0.5, 0.6) is 11.5 Å². The Balaban J connectivity index is 1.60. The van der Waals surface area contributed by atoms with Crippen molar-refractivity contribution in [3.05, 3.63) is 92.3 Å². The van der Waals surface area contributed by atoms with Gasteiger partial charge in [-0.05, 0) is 59.8 Å². The molecule has 1 aliphatic rings. The molecule has 0 saturated carbocycles. The topological polar surface area (TPSA) is 79.6 Å². The number of anilines is 1. The second-order valence-electron chi connectivity index (χ2n) is 7.09. The molecule has 0 N–H and O–H groups in total. The molecule has 1 heterocycles. The maximum atomic E-state index is 12.9. The van der Waals surface area contributed by atoms with Crippen molar-refractivity contribution in [2.24, 2.45) is 0 Å². The first-order chi connectivity index (χ1) is 16.4. The number of hydrogen-bond donors (Lipinski definition) is 0. The van der Waals surface area contributed by atoms with Crippen LogP contribution in [0.2, 0.25) is 10.0 Å². The van der Waals surface area contributed by atoms with E-state index >= 15 is 0 Å². The smallest absolute Gasteiger partial charge is 0.298 e. The normalized spacial score (nSPS) is 14.4. The third-order valence-corrected chi connectivity index (χ3v) is 6.30. The molecule has 170 valence electrons. The zero-order chi connectivity index (χ0) is 24.2. The molecule has 3 aromatic rings. The van der Waals surface area contributed by atoms with Crippen LogP contribution in [0, 0.1) is 11.3 Å². The minimum atomic E-state index is -0.458. The number of ether oxygens (including phenoxy) is 2. The molecule has 0 bridgehead atoms.